The maximum Gasteiger partial charge on any atom is 0.244 e. The van der Waals surface area contributed by atoms with Gasteiger partial charge < -0.3 is 15.7 Å². The summed E-state index contributed by atoms with van der Waals surface area (Å²) in [6, 6.07) is 1.66. The first-order chi connectivity index (χ1) is 9.17. The number of carbonyl (C=O) groups excluding carboxylic acids is 1. The molecule has 6 nitrogen and oxygen atoms in total. The number of aliphatic hydroxyl groups excluding tert-OH is 1. The molecule has 1 aromatic heterocycles. The molecule has 1 heterocycles. The average molecular weight is 268 g/mol. The zero-order chi connectivity index (χ0) is 14.1. The minimum absolute atomic E-state index is 0.0131. The van der Waals surface area contributed by atoms with Crippen molar-refractivity contribution < 1.29 is 9.90 Å². The van der Waals surface area contributed by atoms with E-state index in [1.165, 1.54) is 17.5 Å². The number of nitrogens with two attached hydrogens (primary N) is 1. The van der Waals surface area contributed by atoms with Gasteiger partial charge in [-0.05, 0) is 12.5 Å². The largest absolute Gasteiger partial charge is 0.395 e. The Labute approximate surface area is 114 Å². The maximum atomic E-state index is 12.1. The summed E-state index contributed by atoms with van der Waals surface area (Å²) in [4.78, 5) is 13.8. The van der Waals surface area contributed by atoms with E-state index in [4.69, 9.17) is 10.8 Å². The highest BCUT2D eigenvalue weighted by atomic mass is 16.3. The molecule has 0 aliphatic heterocycles. The van der Waals surface area contributed by atoms with Gasteiger partial charge in [-0.25, -0.2) is 0 Å². The molecule has 108 valence electrons. The van der Waals surface area contributed by atoms with Crippen LogP contribution in [-0.4, -0.2) is 45.4 Å². The summed E-state index contributed by atoms with van der Waals surface area (Å²) < 4.78 is 1.52. The molecule has 0 saturated carbocycles. The lowest BCUT2D eigenvalue weighted by Crippen LogP contribution is -2.37. The molecule has 0 radical (unpaired) electrons. The van der Waals surface area contributed by atoms with E-state index < -0.39 is 0 Å². The van der Waals surface area contributed by atoms with Gasteiger partial charge >= 0.3 is 0 Å². The number of rotatable bonds is 9. The summed E-state index contributed by atoms with van der Waals surface area (Å²) in [5.41, 5.74) is 5.51. The summed E-state index contributed by atoms with van der Waals surface area (Å²) in [6.07, 6.45) is 6.11. The smallest absolute Gasteiger partial charge is 0.244 e. The molecule has 0 aromatic carbocycles. The SMILES string of the molecule is CCCCCCN(CCO)C(=O)Cn1ccc(N)n1. The third-order valence-corrected chi connectivity index (χ3v) is 2.96. The molecule has 1 aromatic rings. The Hall–Kier alpha value is -1.56. The van der Waals surface area contributed by atoms with Gasteiger partial charge in [-0.15, -0.1) is 0 Å². The summed E-state index contributed by atoms with van der Waals surface area (Å²) >= 11 is 0. The first-order valence-electron chi connectivity index (χ1n) is 6.85. The van der Waals surface area contributed by atoms with E-state index in [1.807, 2.05) is 0 Å². The van der Waals surface area contributed by atoms with Crippen LogP contribution in [0.2, 0.25) is 0 Å². The molecule has 6 heteroatoms. The topological polar surface area (TPSA) is 84.4 Å². The molecule has 1 amide bonds. The molecule has 1 rings (SSSR count). The number of nitrogen functional groups attached to an aromatic ring is 1. The lowest BCUT2D eigenvalue weighted by molar-refractivity contribution is -0.132. The number of anilines is 1. The van der Waals surface area contributed by atoms with Crippen LogP contribution in [0.4, 0.5) is 5.82 Å². The fraction of sp³-hybridized carbons (Fsp3) is 0.692. The number of hydrogen-bond acceptors (Lipinski definition) is 4. The van der Waals surface area contributed by atoms with Crippen LogP contribution in [0.1, 0.15) is 32.6 Å². The molecule has 0 aliphatic rings. The predicted molar refractivity (Wildman–Crippen MR) is 74.4 cm³/mol. The van der Waals surface area contributed by atoms with E-state index >= 15 is 0 Å². The maximum absolute atomic E-state index is 12.1. The quantitative estimate of drug-likeness (QED) is 0.651. The summed E-state index contributed by atoms with van der Waals surface area (Å²) in [5, 5.41) is 13.0. The van der Waals surface area contributed by atoms with Crippen LogP contribution < -0.4 is 5.73 Å². The van der Waals surface area contributed by atoms with Crippen molar-refractivity contribution in [2.45, 2.75) is 39.2 Å². The molecular formula is C13H24N4O2. The Morgan fingerprint density at radius 1 is 1.42 bits per heavy atom. The lowest BCUT2D eigenvalue weighted by Gasteiger charge is -2.21. The van der Waals surface area contributed by atoms with Crippen LogP contribution in [0.25, 0.3) is 0 Å². The van der Waals surface area contributed by atoms with Crippen molar-refractivity contribution >= 4 is 11.7 Å². The van der Waals surface area contributed by atoms with Gasteiger partial charge in [0.15, 0.2) is 0 Å². The molecule has 0 unspecified atom stereocenters. The lowest BCUT2D eigenvalue weighted by atomic mass is 10.2. The fourth-order valence-corrected chi connectivity index (χ4v) is 1.92. The monoisotopic (exact) mass is 268 g/mol. The van der Waals surface area contributed by atoms with Gasteiger partial charge in [0.05, 0.1) is 6.61 Å². The molecule has 19 heavy (non-hydrogen) atoms. The Morgan fingerprint density at radius 2 is 2.21 bits per heavy atom. The second-order valence-corrected chi connectivity index (χ2v) is 4.60. The van der Waals surface area contributed by atoms with Crippen LogP contribution in [0.15, 0.2) is 12.3 Å². The van der Waals surface area contributed by atoms with Gasteiger partial charge in [-0.1, -0.05) is 26.2 Å². The molecule has 0 bridgehead atoms. The van der Waals surface area contributed by atoms with Crippen LogP contribution in [0, 0.1) is 0 Å². The molecule has 0 fully saturated rings. The van der Waals surface area contributed by atoms with E-state index in [9.17, 15) is 4.79 Å². The van der Waals surface area contributed by atoms with E-state index in [1.54, 1.807) is 17.2 Å². The number of aromatic nitrogens is 2. The van der Waals surface area contributed by atoms with Crippen molar-refractivity contribution in [3.05, 3.63) is 12.3 Å². The number of unbranched alkanes of at least 4 members (excludes halogenated alkanes) is 3. The van der Waals surface area contributed by atoms with Gasteiger partial charge in [0, 0.05) is 19.3 Å². The fourth-order valence-electron chi connectivity index (χ4n) is 1.92. The van der Waals surface area contributed by atoms with Crippen molar-refractivity contribution in [1.82, 2.24) is 14.7 Å². The zero-order valence-electron chi connectivity index (χ0n) is 11.6. The molecular weight excluding hydrogens is 244 g/mol. The van der Waals surface area contributed by atoms with Crippen LogP contribution in [0.5, 0.6) is 0 Å². The van der Waals surface area contributed by atoms with E-state index in [-0.39, 0.29) is 19.1 Å². The van der Waals surface area contributed by atoms with E-state index in [0.29, 0.717) is 18.9 Å². The van der Waals surface area contributed by atoms with Crippen molar-refractivity contribution in [2.75, 3.05) is 25.4 Å². The number of hydrogen-bond donors (Lipinski definition) is 2. The van der Waals surface area contributed by atoms with Gasteiger partial charge in [0.25, 0.3) is 0 Å². The Balaban J connectivity index is 2.42. The van der Waals surface area contributed by atoms with E-state index in [0.717, 1.165) is 12.8 Å². The number of nitrogens with zero attached hydrogens (tertiary/aromatic N) is 3. The van der Waals surface area contributed by atoms with Gasteiger partial charge in [-0.2, -0.15) is 5.10 Å². The van der Waals surface area contributed by atoms with Crippen molar-refractivity contribution in [1.29, 1.82) is 0 Å². The van der Waals surface area contributed by atoms with Gasteiger partial charge in [0.1, 0.15) is 12.4 Å². The summed E-state index contributed by atoms with van der Waals surface area (Å²) in [7, 11) is 0. The second kappa shape index (κ2) is 8.53. The minimum atomic E-state index is -0.0337. The third kappa shape index (κ3) is 5.74. The normalized spacial score (nSPS) is 10.6. The Bertz CT molecular complexity index is 378. The van der Waals surface area contributed by atoms with E-state index in [2.05, 4.69) is 12.0 Å². The van der Waals surface area contributed by atoms with Gasteiger partial charge in [0.2, 0.25) is 5.91 Å². The average Bonchev–Trinajstić information content (AvgIpc) is 2.78. The Kier molecular flexibility index (Phi) is 6.95. The molecule has 0 aliphatic carbocycles. The van der Waals surface area contributed by atoms with Crippen LogP contribution >= 0.6 is 0 Å². The molecule has 0 atom stereocenters. The predicted octanol–water partition coefficient (Wildman–Crippen LogP) is 0.866. The van der Waals surface area contributed by atoms with Crippen molar-refractivity contribution in [2.24, 2.45) is 0 Å². The highest BCUT2D eigenvalue weighted by molar-refractivity contribution is 5.75. The second-order valence-electron chi connectivity index (χ2n) is 4.60. The number of carbonyl (C=O) groups is 1. The molecule has 0 spiro atoms. The zero-order valence-corrected chi connectivity index (χ0v) is 11.6. The summed E-state index contributed by atoms with van der Waals surface area (Å²) in [6.45, 7) is 3.38. The first kappa shape index (κ1) is 15.5. The molecule has 3 N–H and O–H groups in total. The Morgan fingerprint density at radius 3 is 2.79 bits per heavy atom. The number of aliphatic hydroxyl groups is 1. The van der Waals surface area contributed by atoms with Crippen molar-refractivity contribution in [3.63, 3.8) is 0 Å². The van der Waals surface area contributed by atoms with Crippen LogP contribution in [-0.2, 0) is 11.3 Å². The van der Waals surface area contributed by atoms with Crippen molar-refractivity contribution in [3.8, 4) is 0 Å². The first-order valence-corrected chi connectivity index (χ1v) is 6.85. The van der Waals surface area contributed by atoms with Crippen LogP contribution in [0.3, 0.4) is 0 Å². The standard InChI is InChI=1S/C13H24N4O2/c1-2-3-4-5-7-16(9-10-18)13(19)11-17-8-6-12(14)15-17/h6,8,18H,2-5,7,9-11H2,1H3,(H2,14,15). The number of amides is 1. The third-order valence-electron chi connectivity index (χ3n) is 2.96. The highest BCUT2D eigenvalue weighted by Crippen LogP contribution is 2.03. The molecule has 0 saturated heterocycles. The van der Waals surface area contributed by atoms with Gasteiger partial charge in [-0.3, -0.25) is 9.48 Å². The highest BCUT2D eigenvalue weighted by Gasteiger charge is 2.13. The summed E-state index contributed by atoms with van der Waals surface area (Å²) in [5.74, 6) is 0.373. The minimum Gasteiger partial charge on any atom is -0.395 e.